The summed E-state index contributed by atoms with van der Waals surface area (Å²) in [5.41, 5.74) is 3.41. The Labute approximate surface area is 281 Å². The number of carbonyl (C=O) groups excluding carboxylic acids is 1. The minimum atomic E-state index is -0.796. The van der Waals surface area contributed by atoms with Crippen LogP contribution in [0.5, 0.6) is 11.5 Å². The zero-order valence-corrected chi connectivity index (χ0v) is 28.8. The predicted octanol–water partition coefficient (Wildman–Crippen LogP) is 6.56. The number of methoxy groups -OCH3 is 1. The van der Waals surface area contributed by atoms with Gasteiger partial charge in [-0.05, 0) is 77.3 Å². The molecule has 0 bridgehead atoms. The average Bonchev–Trinajstić information content (AvgIpc) is 3.34. The topological polar surface area (TPSA) is 103 Å². The molecule has 0 radical (unpaired) electrons. The molecule has 230 valence electrons. The summed E-state index contributed by atoms with van der Waals surface area (Å²) in [5, 5.41) is 9.37. The fraction of sp³-hybridized carbons (Fsp3) is 0.235. The van der Waals surface area contributed by atoms with E-state index in [4.69, 9.17) is 19.2 Å². The largest absolute Gasteiger partial charge is 0.496 e. The van der Waals surface area contributed by atoms with Crippen molar-refractivity contribution in [3.05, 3.63) is 123 Å². The molecule has 0 spiro atoms. The van der Waals surface area contributed by atoms with Crippen molar-refractivity contribution in [2.45, 2.75) is 39.3 Å². The molecule has 4 aromatic rings. The number of allylic oxidation sites excluding steroid dienone is 1. The Morgan fingerprint density at radius 3 is 2.60 bits per heavy atom. The van der Waals surface area contributed by atoms with Gasteiger partial charge in [-0.2, -0.15) is 5.26 Å². The third kappa shape index (κ3) is 6.83. The van der Waals surface area contributed by atoms with E-state index < -0.39 is 12.0 Å². The molecule has 1 aliphatic rings. The highest BCUT2D eigenvalue weighted by atomic mass is 79.9. The Morgan fingerprint density at radius 1 is 1.11 bits per heavy atom. The van der Waals surface area contributed by atoms with Crippen LogP contribution in [0.4, 0.5) is 0 Å². The standard InChI is InChI=1S/C34H29Br2N3O5S/c1-4-8-26-30(33(41)43-5-2)31(24-17-23(35)12-14-27(24)42-3)39-32(40)29(45-34(39)38-26)16-20-11-13-28(25(36)15-20)44-19-22-10-7-6-9-21(22)18-37/h6-7,9-17,31H,4-5,8,19H2,1-3H3/b29-16+/t31-/m0/s1. The van der Waals surface area contributed by atoms with Gasteiger partial charge in [-0.15, -0.1) is 0 Å². The Bertz CT molecular complexity index is 2030. The van der Waals surface area contributed by atoms with E-state index >= 15 is 0 Å². The molecule has 3 aromatic carbocycles. The molecule has 0 unspecified atom stereocenters. The molecule has 0 N–H and O–H groups in total. The van der Waals surface area contributed by atoms with Crippen LogP contribution in [0.2, 0.25) is 0 Å². The van der Waals surface area contributed by atoms with E-state index in [9.17, 15) is 14.9 Å². The van der Waals surface area contributed by atoms with Crippen LogP contribution < -0.4 is 24.4 Å². The van der Waals surface area contributed by atoms with Gasteiger partial charge in [0, 0.05) is 15.6 Å². The summed E-state index contributed by atoms with van der Waals surface area (Å²) in [6.45, 7) is 4.19. The van der Waals surface area contributed by atoms with Gasteiger partial charge < -0.3 is 14.2 Å². The fourth-order valence-electron chi connectivity index (χ4n) is 5.12. The summed E-state index contributed by atoms with van der Waals surface area (Å²) in [6.07, 6.45) is 3.09. The second kappa shape index (κ2) is 14.4. The van der Waals surface area contributed by atoms with Crippen molar-refractivity contribution in [2.24, 2.45) is 4.99 Å². The number of thiazole rings is 1. The van der Waals surface area contributed by atoms with Crippen LogP contribution in [-0.2, 0) is 16.1 Å². The zero-order valence-electron chi connectivity index (χ0n) is 24.8. The van der Waals surface area contributed by atoms with Gasteiger partial charge in [0.25, 0.3) is 5.56 Å². The minimum absolute atomic E-state index is 0.188. The lowest BCUT2D eigenvalue weighted by atomic mass is 9.93. The van der Waals surface area contributed by atoms with Crippen molar-refractivity contribution in [3.8, 4) is 17.6 Å². The highest BCUT2D eigenvalue weighted by Crippen LogP contribution is 2.38. The van der Waals surface area contributed by atoms with Gasteiger partial charge in [0.1, 0.15) is 24.1 Å². The van der Waals surface area contributed by atoms with Gasteiger partial charge in [-0.25, -0.2) is 9.79 Å². The Kier molecular flexibility index (Phi) is 10.4. The van der Waals surface area contributed by atoms with Gasteiger partial charge in [-0.3, -0.25) is 9.36 Å². The van der Waals surface area contributed by atoms with Crippen molar-refractivity contribution in [3.63, 3.8) is 0 Å². The summed E-state index contributed by atoms with van der Waals surface area (Å²) >= 11 is 8.40. The molecule has 45 heavy (non-hydrogen) atoms. The molecule has 5 rings (SSSR count). The van der Waals surface area contributed by atoms with Crippen LogP contribution in [0.3, 0.4) is 0 Å². The van der Waals surface area contributed by atoms with Gasteiger partial charge >= 0.3 is 5.97 Å². The van der Waals surface area contributed by atoms with E-state index in [1.165, 1.54) is 11.3 Å². The normalized spacial score (nSPS) is 14.4. The van der Waals surface area contributed by atoms with Crippen molar-refractivity contribution < 1.29 is 19.0 Å². The second-order valence-electron chi connectivity index (χ2n) is 10.0. The van der Waals surface area contributed by atoms with Crippen LogP contribution >= 0.6 is 43.2 Å². The number of ether oxygens (including phenoxy) is 3. The molecule has 0 aliphatic carbocycles. The van der Waals surface area contributed by atoms with E-state index in [1.807, 2.05) is 55.5 Å². The number of nitrogens with zero attached hydrogens (tertiary/aromatic N) is 3. The van der Waals surface area contributed by atoms with E-state index in [1.54, 1.807) is 36.8 Å². The molecule has 0 saturated carbocycles. The summed E-state index contributed by atoms with van der Waals surface area (Å²) in [5.74, 6) is 0.628. The SMILES string of the molecule is CCCC1=C(C(=O)OCC)[C@H](c2cc(Br)ccc2OC)n2c(s/c(=C/c3ccc(OCc4ccccc4C#N)c(Br)c3)c2=O)=N1. The maximum absolute atomic E-state index is 14.1. The highest BCUT2D eigenvalue weighted by molar-refractivity contribution is 9.10. The lowest BCUT2D eigenvalue weighted by Crippen LogP contribution is -2.40. The predicted molar refractivity (Wildman–Crippen MR) is 180 cm³/mol. The van der Waals surface area contributed by atoms with Gasteiger partial charge in [-0.1, -0.05) is 64.9 Å². The quantitative estimate of drug-likeness (QED) is 0.170. The molecular formula is C34H29Br2N3O5S. The number of rotatable bonds is 10. The Balaban J connectivity index is 1.60. The number of hydrogen-bond acceptors (Lipinski definition) is 8. The van der Waals surface area contributed by atoms with Crippen LogP contribution in [0.1, 0.15) is 55.0 Å². The second-order valence-corrected chi connectivity index (χ2v) is 12.8. The average molecular weight is 751 g/mol. The van der Waals surface area contributed by atoms with E-state index in [-0.39, 0.29) is 18.8 Å². The van der Waals surface area contributed by atoms with Gasteiger partial charge in [0.2, 0.25) is 0 Å². The highest BCUT2D eigenvalue weighted by Gasteiger charge is 2.36. The van der Waals surface area contributed by atoms with Gasteiger partial charge in [0.15, 0.2) is 4.80 Å². The monoisotopic (exact) mass is 749 g/mol. The number of fused-ring (bicyclic) bond motifs is 1. The molecule has 0 fully saturated rings. The third-order valence-corrected chi connectivity index (χ3v) is 9.25. The Hall–Kier alpha value is -3.98. The molecule has 8 nitrogen and oxygen atoms in total. The van der Waals surface area contributed by atoms with Crippen LogP contribution in [0.25, 0.3) is 6.08 Å². The van der Waals surface area contributed by atoms with Gasteiger partial charge in [0.05, 0.1) is 45.6 Å². The van der Waals surface area contributed by atoms with E-state index in [2.05, 4.69) is 37.9 Å². The maximum atomic E-state index is 14.1. The molecule has 1 aromatic heterocycles. The molecule has 1 aliphatic heterocycles. The Morgan fingerprint density at radius 2 is 1.89 bits per heavy atom. The first kappa shape index (κ1) is 32.4. The number of esters is 1. The van der Waals surface area contributed by atoms with Crippen LogP contribution in [0.15, 0.2) is 90.7 Å². The molecule has 0 amide bonds. The molecular weight excluding hydrogens is 722 g/mol. The summed E-state index contributed by atoms with van der Waals surface area (Å²) in [6, 6.07) is 19.7. The third-order valence-electron chi connectivity index (χ3n) is 7.15. The minimum Gasteiger partial charge on any atom is -0.496 e. The number of carbonyl (C=O) groups is 1. The van der Waals surface area contributed by atoms with Crippen molar-refractivity contribution in [1.29, 1.82) is 5.26 Å². The fourth-order valence-corrected chi connectivity index (χ4v) is 7.03. The summed E-state index contributed by atoms with van der Waals surface area (Å²) in [7, 11) is 1.56. The molecule has 2 heterocycles. The smallest absolute Gasteiger partial charge is 0.338 e. The van der Waals surface area contributed by atoms with Crippen molar-refractivity contribution in [2.75, 3.05) is 13.7 Å². The van der Waals surface area contributed by atoms with Crippen molar-refractivity contribution in [1.82, 2.24) is 4.57 Å². The zero-order chi connectivity index (χ0) is 32.1. The molecule has 11 heteroatoms. The van der Waals surface area contributed by atoms with E-state index in [0.717, 1.165) is 22.0 Å². The number of aromatic nitrogens is 1. The number of benzene rings is 3. The lowest BCUT2D eigenvalue weighted by Gasteiger charge is -2.27. The molecule has 0 saturated heterocycles. The number of nitriles is 1. The van der Waals surface area contributed by atoms with Crippen LogP contribution in [-0.4, -0.2) is 24.3 Å². The van der Waals surface area contributed by atoms with Crippen molar-refractivity contribution >= 4 is 55.2 Å². The molecule has 1 atom stereocenters. The van der Waals surface area contributed by atoms with E-state index in [0.29, 0.717) is 54.1 Å². The maximum Gasteiger partial charge on any atom is 0.338 e. The first-order chi connectivity index (χ1) is 21.8. The van der Waals surface area contributed by atoms with Crippen LogP contribution in [0, 0.1) is 11.3 Å². The first-order valence-electron chi connectivity index (χ1n) is 14.2. The lowest BCUT2D eigenvalue weighted by molar-refractivity contribution is -0.139. The summed E-state index contributed by atoms with van der Waals surface area (Å²) in [4.78, 5) is 32.9. The number of hydrogen-bond donors (Lipinski definition) is 0. The summed E-state index contributed by atoms with van der Waals surface area (Å²) < 4.78 is 20.7. The first-order valence-corrected chi connectivity index (χ1v) is 16.7. The number of halogens is 2.